The summed E-state index contributed by atoms with van der Waals surface area (Å²) in [7, 11) is 0. The number of nitrogens with one attached hydrogen (secondary N) is 1. The fourth-order valence-corrected chi connectivity index (χ4v) is 5.76. The van der Waals surface area contributed by atoms with Crippen molar-refractivity contribution in [2.75, 3.05) is 6.61 Å². The van der Waals surface area contributed by atoms with E-state index in [0.717, 1.165) is 44.9 Å². The van der Waals surface area contributed by atoms with Crippen molar-refractivity contribution in [3.05, 3.63) is 24.3 Å². The Bertz CT molecular complexity index is 650. The minimum Gasteiger partial charge on any atom is -0.394 e. The molecule has 0 aromatic carbocycles. The fourth-order valence-electron chi connectivity index (χ4n) is 5.76. The second kappa shape index (κ2) is 34.7. The third-order valence-corrected chi connectivity index (χ3v) is 8.79. The van der Waals surface area contributed by atoms with Crippen LogP contribution in [0.1, 0.15) is 194 Å². The molecule has 0 radical (unpaired) electrons. The third-order valence-electron chi connectivity index (χ3n) is 8.79. The number of carbonyl (C=O) groups excluding carboxylic acids is 1. The molecule has 4 N–H and O–H groups in total. The molecule has 0 aliphatic heterocycles. The molecular formula is C39H75NO4. The highest BCUT2D eigenvalue weighted by molar-refractivity contribution is 5.76. The summed E-state index contributed by atoms with van der Waals surface area (Å²) in [5.74, 6) is -0.158. The lowest BCUT2D eigenvalue weighted by atomic mass is 10.0. The molecule has 0 saturated heterocycles. The van der Waals surface area contributed by atoms with Crippen LogP contribution in [-0.2, 0) is 4.79 Å². The molecule has 0 saturated carbocycles. The quantitative estimate of drug-likeness (QED) is 0.0425. The van der Waals surface area contributed by atoms with Crippen molar-refractivity contribution in [2.24, 2.45) is 0 Å². The van der Waals surface area contributed by atoms with Gasteiger partial charge in [0, 0.05) is 6.42 Å². The van der Waals surface area contributed by atoms with Gasteiger partial charge in [-0.1, -0.05) is 160 Å². The number of rotatable bonds is 34. The van der Waals surface area contributed by atoms with Gasteiger partial charge >= 0.3 is 0 Å². The van der Waals surface area contributed by atoms with E-state index in [2.05, 4.69) is 43.5 Å². The van der Waals surface area contributed by atoms with Gasteiger partial charge in [-0.2, -0.15) is 0 Å². The topological polar surface area (TPSA) is 89.8 Å². The Morgan fingerprint density at radius 3 is 1.39 bits per heavy atom. The number of aliphatic hydroxyl groups is 3. The summed E-state index contributed by atoms with van der Waals surface area (Å²) in [6.07, 6.45) is 39.8. The maximum Gasteiger partial charge on any atom is 0.220 e. The van der Waals surface area contributed by atoms with E-state index in [-0.39, 0.29) is 12.5 Å². The monoisotopic (exact) mass is 622 g/mol. The minimum absolute atomic E-state index is 0.158. The van der Waals surface area contributed by atoms with Gasteiger partial charge in [-0.3, -0.25) is 4.79 Å². The van der Waals surface area contributed by atoms with Crippen molar-refractivity contribution < 1.29 is 20.1 Å². The summed E-state index contributed by atoms with van der Waals surface area (Å²) in [4.78, 5) is 12.4. The molecule has 0 aromatic heterocycles. The number of aliphatic hydroxyl groups excluding tert-OH is 3. The molecule has 0 aliphatic rings. The minimum atomic E-state index is -1.16. The molecule has 0 fully saturated rings. The lowest BCUT2D eigenvalue weighted by Crippen LogP contribution is -2.50. The van der Waals surface area contributed by atoms with Crippen molar-refractivity contribution in [3.63, 3.8) is 0 Å². The maximum absolute atomic E-state index is 12.4. The van der Waals surface area contributed by atoms with Crippen LogP contribution in [0, 0.1) is 0 Å². The highest BCUT2D eigenvalue weighted by Gasteiger charge is 2.26. The molecule has 0 heterocycles. The summed E-state index contributed by atoms with van der Waals surface area (Å²) < 4.78 is 0. The molecule has 5 nitrogen and oxygen atoms in total. The Kier molecular flexibility index (Phi) is 33.8. The van der Waals surface area contributed by atoms with Crippen LogP contribution in [-0.4, -0.2) is 46.1 Å². The number of hydrogen-bond donors (Lipinski definition) is 4. The summed E-state index contributed by atoms with van der Waals surface area (Å²) in [5, 5.41) is 33.3. The van der Waals surface area contributed by atoms with Crippen molar-refractivity contribution in [1.82, 2.24) is 5.32 Å². The summed E-state index contributed by atoms with van der Waals surface area (Å²) in [6, 6.07) is -0.826. The first-order valence-electron chi connectivity index (χ1n) is 19.1. The number of carbonyl (C=O) groups is 1. The second-order valence-electron chi connectivity index (χ2n) is 13.1. The number of amides is 1. The van der Waals surface area contributed by atoms with Crippen LogP contribution >= 0.6 is 0 Å². The molecule has 0 aromatic rings. The van der Waals surface area contributed by atoms with Gasteiger partial charge in [0.05, 0.1) is 18.8 Å². The van der Waals surface area contributed by atoms with E-state index in [1.807, 2.05) is 0 Å². The first-order valence-corrected chi connectivity index (χ1v) is 19.1. The maximum atomic E-state index is 12.4. The Hall–Kier alpha value is -1.17. The molecule has 3 atom stereocenters. The molecule has 0 rings (SSSR count). The van der Waals surface area contributed by atoms with Crippen LogP contribution in [0.3, 0.4) is 0 Å². The number of unbranched alkanes of at least 4 members (excludes halogenated alkanes) is 22. The van der Waals surface area contributed by atoms with Crippen LogP contribution in [0.5, 0.6) is 0 Å². The molecule has 5 heteroatoms. The molecule has 3 unspecified atom stereocenters. The Labute approximate surface area is 273 Å². The van der Waals surface area contributed by atoms with Crippen LogP contribution in [0.2, 0.25) is 0 Å². The average Bonchev–Trinajstić information content (AvgIpc) is 3.03. The molecule has 0 bridgehead atoms. The Morgan fingerprint density at radius 1 is 0.545 bits per heavy atom. The Balaban J connectivity index is 3.73. The van der Waals surface area contributed by atoms with Gasteiger partial charge < -0.3 is 20.6 Å². The first kappa shape index (κ1) is 42.8. The highest BCUT2D eigenvalue weighted by atomic mass is 16.3. The molecule has 0 aliphatic carbocycles. The van der Waals surface area contributed by atoms with E-state index in [4.69, 9.17) is 0 Å². The van der Waals surface area contributed by atoms with E-state index < -0.39 is 18.2 Å². The molecule has 1 amide bonds. The zero-order valence-corrected chi connectivity index (χ0v) is 29.3. The predicted octanol–water partition coefficient (Wildman–Crippen LogP) is 10.3. The van der Waals surface area contributed by atoms with Crippen LogP contribution in [0.4, 0.5) is 0 Å². The van der Waals surface area contributed by atoms with Crippen molar-refractivity contribution in [1.29, 1.82) is 0 Å². The van der Waals surface area contributed by atoms with Gasteiger partial charge in [-0.25, -0.2) is 0 Å². The Morgan fingerprint density at radius 2 is 0.932 bits per heavy atom. The van der Waals surface area contributed by atoms with Crippen LogP contribution < -0.4 is 5.32 Å². The fraction of sp³-hybridized carbons (Fsp3) is 0.872. The lowest BCUT2D eigenvalue weighted by molar-refractivity contribution is -0.124. The van der Waals surface area contributed by atoms with E-state index in [1.165, 1.54) is 122 Å². The van der Waals surface area contributed by atoms with Crippen molar-refractivity contribution >= 4 is 5.91 Å². The van der Waals surface area contributed by atoms with Gasteiger partial charge in [0.25, 0.3) is 0 Å². The summed E-state index contributed by atoms with van der Waals surface area (Å²) >= 11 is 0. The summed E-state index contributed by atoms with van der Waals surface area (Å²) in [5.41, 5.74) is 0. The van der Waals surface area contributed by atoms with Gasteiger partial charge in [0.2, 0.25) is 5.91 Å². The van der Waals surface area contributed by atoms with Crippen LogP contribution in [0.15, 0.2) is 24.3 Å². The number of hydrogen-bond acceptors (Lipinski definition) is 4. The zero-order chi connectivity index (χ0) is 32.4. The standard InChI is InChI=1S/C39H75NO4/c1-3-5-7-9-11-13-15-17-19-20-22-24-26-28-30-32-34-38(43)40-36(35-41)39(44)37(42)33-31-29-27-25-23-21-18-16-14-12-10-8-6-4-2/h16,18,25,27,36-37,39,41-42,44H,3-15,17,19-24,26,28-35H2,1-2H3,(H,40,43)/b18-16+,27-25+. The molecular weight excluding hydrogens is 546 g/mol. The van der Waals surface area contributed by atoms with Gasteiger partial charge in [-0.15, -0.1) is 0 Å². The van der Waals surface area contributed by atoms with E-state index >= 15 is 0 Å². The smallest absolute Gasteiger partial charge is 0.220 e. The van der Waals surface area contributed by atoms with E-state index in [9.17, 15) is 20.1 Å². The second-order valence-corrected chi connectivity index (χ2v) is 13.1. The zero-order valence-electron chi connectivity index (χ0n) is 29.3. The largest absolute Gasteiger partial charge is 0.394 e. The van der Waals surface area contributed by atoms with Gasteiger partial charge in [0.1, 0.15) is 6.10 Å². The van der Waals surface area contributed by atoms with E-state index in [1.54, 1.807) is 0 Å². The first-order chi connectivity index (χ1) is 21.6. The number of allylic oxidation sites excluding steroid dienone is 4. The van der Waals surface area contributed by atoms with Crippen molar-refractivity contribution in [2.45, 2.75) is 212 Å². The molecule has 44 heavy (non-hydrogen) atoms. The average molecular weight is 622 g/mol. The SMILES string of the molecule is CCCCCCC/C=C/CC/C=C/CCCC(O)C(O)C(CO)NC(=O)CCCCCCCCCCCCCCCCCC. The predicted molar refractivity (Wildman–Crippen MR) is 190 cm³/mol. The lowest BCUT2D eigenvalue weighted by Gasteiger charge is -2.26. The van der Waals surface area contributed by atoms with E-state index in [0.29, 0.717) is 12.8 Å². The summed E-state index contributed by atoms with van der Waals surface area (Å²) in [6.45, 7) is 4.14. The van der Waals surface area contributed by atoms with Gasteiger partial charge in [-0.05, 0) is 51.4 Å². The van der Waals surface area contributed by atoms with Crippen molar-refractivity contribution in [3.8, 4) is 0 Å². The third kappa shape index (κ3) is 29.5. The van der Waals surface area contributed by atoms with Gasteiger partial charge in [0.15, 0.2) is 0 Å². The molecule has 0 spiro atoms. The van der Waals surface area contributed by atoms with Crippen LogP contribution in [0.25, 0.3) is 0 Å². The highest BCUT2D eigenvalue weighted by Crippen LogP contribution is 2.15. The molecule has 260 valence electrons. The normalized spacial score (nSPS) is 14.0.